The predicted octanol–water partition coefficient (Wildman–Crippen LogP) is 2.41. The average Bonchev–Trinajstić information content (AvgIpc) is 2.90. The number of nitrogens with zero attached hydrogens (tertiary/aromatic N) is 3. The molecule has 6 nitrogen and oxygen atoms in total. The van der Waals surface area contributed by atoms with E-state index in [-0.39, 0.29) is 12.3 Å². The van der Waals surface area contributed by atoms with E-state index in [2.05, 4.69) is 9.88 Å². The fourth-order valence-electron chi connectivity index (χ4n) is 2.54. The van der Waals surface area contributed by atoms with Gasteiger partial charge in [-0.15, -0.1) is 0 Å². The molecule has 2 aromatic rings. The molecular weight excluding hydrogens is 278 g/mol. The van der Waals surface area contributed by atoms with E-state index in [1.54, 1.807) is 17.4 Å². The van der Waals surface area contributed by atoms with Crippen molar-refractivity contribution in [1.29, 1.82) is 0 Å². The Hall–Kier alpha value is -1.73. The number of non-ortho nitro benzene ring substituents is 1. The summed E-state index contributed by atoms with van der Waals surface area (Å²) in [6.07, 6.45) is 2.09. The Kier molecular flexibility index (Phi) is 3.54. The van der Waals surface area contributed by atoms with E-state index in [4.69, 9.17) is 0 Å². The maximum atomic E-state index is 10.8. The van der Waals surface area contributed by atoms with Crippen molar-refractivity contribution in [2.45, 2.75) is 12.8 Å². The van der Waals surface area contributed by atoms with Crippen molar-refractivity contribution in [3.63, 3.8) is 0 Å². The van der Waals surface area contributed by atoms with Gasteiger partial charge in [-0.1, -0.05) is 11.3 Å². The van der Waals surface area contributed by atoms with E-state index in [1.807, 2.05) is 0 Å². The molecular formula is C13H15N3O3S. The first-order valence-electron chi connectivity index (χ1n) is 6.58. The van der Waals surface area contributed by atoms with Crippen LogP contribution in [-0.2, 0) is 0 Å². The summed E-state index contributed by atoms with van der Waals surface area (Å²) in [7, 11) is 0. The Labute approximate surface area is 119 Å². The molecule has 1 N–H and O–H groups in total. The molecule has 1 aromatic carbocycles. The quantitative estimate of drug-likeness (QED) is 0.694. The minimum absolute atomic E-state index is 0.0706. The molecule has 0 radical (unpaired) electrons. The molecule has 0 amide bonds. The van der Waals surface area contributed by atoms with Crippen LogP contribution in [-0.4, -0.2) is 34.7 Å². The summed E-state index contributed by atoms with van der Waals surface area (Å²) in [5, 5.41) is 20.9. The van der Waals surface area contributed by atoms with Crippen LogP contribution in [0.2, 0.25) is 0 Å². The topological polar surface area (TPSA) is 79.5 Å². The number of aliphatic hydroxyl groups is 1. The molecule has 3 rings (SSSR count). The lowest BCUT2D eigenvalue weighted by Crippen LogP contribution is -2.36. The van der Waals surface area contributed by atoms with Crippen molar-refractivity contribution in [2.75, 3.05) is 24.6 Å². The number of aromatic nitrogens is 1. The Morgan fingerprint density at radius 2 is 2.40 bits per heavy atom. The number of aliphatic hydroxyl groups excluding tert-OH is 1. The van der Waals surface area contributed by atoms with Gasteiger partial charge in [0.25, 0.3) is 5.69 Å². The maximum Gasteiger partial charge on any atom is 0.271 e. The lowest BCUT2D eigenvalue weighted by Gasteiger charge is -2.31. The van der Waals surface area contributed by atoms with Gasteiger partial charge in [-0.2, -0.15) is 0 Å². The number of hydrogen-bond acceptors (Lipinski definition) is 6. The second kappa shape index (κ2) is 5.34. The summed E-state index contributed by atoms with van der Waals surface area (Å²) in [4.78, 5) is 17.1. The molecule has 1 fully saturated rings. The van der Waals surface area contributed by atoms with Gasteiger partial charge in [-0.3, -0.25) is 10.1 Å². The van der Waals surface area contributed by atoms with E-state index >= 15 is 0 Å². The minimum atomic E-state index is -0.402. The Morgan fingerprint density at radius 3 is 3.15 bits per heavy atom. The standard InChI is InChI=1S/C13H15N3O3S/c17-8-9-2-1-5-15(7-9)13-14-11-6-10(16(18)19)3-4-12(11)20-13/h3-4,6,9,17H,1-2,5,7-8H2/t9-/m1/s1. The Balaban J connectivity index is 1.90. The van der Waals surface area contributed by atoms with Crippen LogP contribution in [0.3, 0.4) is 0 Å². The van der Waals surface area contributed by atoms with Crippen LogP contribution in [0.15, 0.2) is 18.2 Å². The third kappa shape index (κ3) is 2.46. The highest BCUT2D eigenvalue weighted by molar-refractivity contribution is 7.22. The van der Waals surface area contributed by atoms with Gasteiger partial charge in [0.2, 0.25) is 0 Å². The summed E-state index contributed by atoms with van der Waals surface area (Å²) in [6, 6.07) is 4.78. The number of fused-ring (bicyclic) bond motifs is 1. The zero-order chi connectivity index (χ0) is 14.1. The van der Waals surface area contributed by atoms with Crippen LogP contribution >= 0.6 is 11.3 Å². The lowest BCUT2D eigenvalue weighted by molar-refractivity contribution is -0.384. The number of benzene rings is 1. The van der Waals surface area contributed by atoms with Gasteiger partial charge in [0.15, 0.2) is 5.13 Å². The van der Waals surface area contributed by atoms with E-state index in [0.29, 0.717) is 11.4 Å². The lowest BCUT2D eigenvalue weighted by atomic mass is 10.00. The molecule has 1 saturated heterocycles. The highest BCUT2D eigenvalue weighted by atomic mass is 32.1. The van der Waals surface area contributed by atoms with E-state index in [1.165, 1.54) is 12.1 Å². The van der Waals surface area contributed by atoms with Crippen LogP contribution in [0.1, 0.15) is 12.8 Å². The maximum absolute atomic E-state index is 10.8. The van der Waals surface area contributed by atoms with Crippen LogP contribution in [0.25, 0.3) is 10.2 Å². The fraction of sp³-hybridized carbons (Fsp3) is 0.462. The highest BCUT2D eigenvalue weighted by Crippen LogP contribution is 2.33. The molecule has 20 heavy (non-hydrogen) atoms. The van der Waals surface area contributed by atoms with Crippen molar-refractivity contribution in [3.05, 3.63) is 28.3 Å². The monoisotopic (exact) mass is 293 g/mol. The van der Waals surface area contributed by atoms with Gasteiger partial charge in [0.1, 0.15) is 0 Å². The van der Waals surface area contributed by atoms with E-state index in [0.717, 1.165) is 35.8 Å². The van der Waals surface area contributed by atoms with Gasteiger partial charge in [-0.05, 0) is 24.8 Å². The number of hydrogen-bond donors (Lipinski definition) is 1. The summed E-state index contributed by atoms with van der Waals surface area (Å²) < 4.78 is 0.955. The second-order valence-electron chi connectivity index (χ2n) is 5.04. The number of rotatable bonds is 3. The molecule has 0 bridgehead atoms. The predicted molar refractivity (Wildman–Crippen MR) is 78.3 cm³/mol. The molecule has 2 heterocycles. The molecule has 0 aliphatic carbocycles. The second-order valence-corrected chi connectivity index (χ2v) is 6.05. The van der Waals surface area contributed by atoms with Gasteiger partial charge in [0.05, 0.1) is 15.1 Å². The van der Waals surface area contributed by atoms with Crippen molar-refractivity contribution >= 4 is 32.4 Å². The highest BCUT2D eigenvalue weighted by Gasteiger charge is 2.22. The molecule has 1 aliphatic rings. The van der Waals surface area contributed by atoms with E-state index in [9.17, 15) is 15.2 Å². The van der Waals surface area contributed by atoms with Crippen LogP contribution in [0.4, 0.5) is 10.8 Å². The zero-order valence-corrected chi connectivity index (χ0v) is 11.7. The number of nitro groups is 1. The van der Waals surface area contributed by atoms with Gasteiger partial charge >= 0.3 is 0 Å². The molecule has 0 saturated carbocycles. The SMILES string of the molecule is O=[N+]([O-])c1ccc2sc(N3CCC[C@@H](CO)C3)nc2c1. The molecule has 1 aromatic heterocycles. The Morgan fingerprint density at radius 1 is 1.55 bits per heavy atom. The number of nitro benzene ring substituents is 1. The normalized spacial score (nSPS) is 19.4. The van der Waals surface area contributed by atoms with Crippen molar-refractivity contribution < 1.29 is 10.0 Å². The smallest absolute Gasteiger partial charge is 0.271 e. The van der Waals surface area contributed by atoms with Crippen LogP contribution in [0.5, 0.6) is 0 Å². The average molecular weight is 293 g/mol. The van der Waals surface area contributed by atoms with Gasteiger partial charge in [0, 0.05) is 31.8 Å². The number of anilines is 1. The van der Waals surface area contributed by atoms with E-state index < -0.39 is 4.92 Å². The third-order valence-electron chi connectivity index (χ3n) is 3.62. The summed E-state index contributed by atoms with van der Waals surface area (Å²) >= 11 is 1.55. The van der Waals surface area contributed by atoms with Gasteiger partial charge in [-0.25, -0.2) is 4.98 Å². The number of thiazole rings is 1. The summed E-state index contributed by atoms with van der Waals surface area (Å²) in [5.74, 6) is 0.296. The fourth-order valence-corrected chi connectivity index (χ4v) is 3.52. The first kappa shape index (κ1) is 13.3. The zero-order valence-electron chi connectivity index (χ0n) is 10.9. The molecule has 1 atom stereocenters. The Bertz CT molecular complexity index is 643. The molecule has 1 aliphatic heterocycles. The first-order chi connectivity index (χ1) is 9.67. The van der Waals surface area contributed by atoms with Crippen molar-refractivity contribution in [2.24, 2.45) is 5.92 Å². The molecule has 7 heteroatoms. The van der Waals surface area contributed by atoms with Crippen LogP contribution < -0.4 is 4.90 Å². The van der Waals surface area contributed by atoms with Gasteiger partial charge < -0.3 is 10.0 Å². The first-order valence-corrected chi connectivity index (χ1v) is 7.40. The molecule has 0 unspecified atom stereocenters. The molecule has 106 valence electrons. The van der Waals surface area contributed by atoms with Crippen LogP contribution in [0, 0.1) is 16.0 Å². The number of piperidine rings is 1. The minimum Gasteiger partial charge on any atom is -0.396 e. The third-order valence-corrected chi connectivity index (χ3v) is 4.72. The van der Waals surface area contributed by atoms with Crippen molar-refractivity contribution in [3.8, 4) is 0 Å². The van der Waals surface area contributed by atoms with Crippen molar-refractivity contribution in [1.82, 2.24) is 4.98 Å². The largest absolute Gasteiger partial charge is 0.396 e. The summed E-state index contributed by atoms with van der Waals surface area (Å²) in [6.45, 7) is 1.93. The summed E-state index contributed by atoms with van der Waals surface area (Å²) in [5.41, 5.74) is 0.742. The molecule has 0 spiro atoms.